The van der Waals surface area contributed by atoms with E-state index in [1.165, 1.54) is 0 Å². The average molecular weight is 563 g/mol. The molecule has 0 bridgehead atoms. The number of carboxylic acid groups (broad SMARTS) is 1. The number of ether oxygens (including phenoxy) is 2. The molecule has 2 aromatic rings. The van der Waals surface area contributed by atoms with Crippen molar-refractivity contribution in [2.24, 2.45) is 16.6 Å². The third kappa shape index (κ3) is 7.54. The normalized spacial score (nSPS) is 15.0. The molecule has 12 heteroatoms. The number of fused-ring (bicyclic) bond motifs is 1. The lowest BCUT2D eigenvalue weighted by Gasteiger charge is -2.35. The van der Waals surface area contributed by atoms with Crippen molar-refractivity contribution in [2.45, 2.75) is 76.8 Å². The molecule has 214 valence electrons. The number of nitrogens with one attached hydrogen (secondary N) is 1. The van der Waals surface area contributed by atoms with Crippen LogP contribution >= 0.6 is 0 Å². The molecule has 2 aromatic carbocycles. The summed E-state index contributed by atoms with van der Waals surface area (Å²) < 4.78 is 41.4. The Morgan fingerprint density at radius 2 is 1.79 bits per heavy atom. The molecule has 6 N–H and O–H groups in total. The molecule has 3 rings (SSSR count). The van der Waals surface area contributed by atoms with Gasteiger partial charge < -0.3 is 30.9 Å². The van der Waals surface area contributed by atoms with Crippen LogP contribution < -0.4 is 25.7 Å². The smallest absolute Gasteiger partial charge is 0.322 e. The second-order valence-corrected chi connectivity index (χ2v) is 11.9. The molecule has 0 saturated carbocycles. The summed E-state index contributed by atoms with van der Waals surface area (Å²) in [7, 11) is -4.15. The van der Waals surface area contributed by atoms with Crippen molar-refractivity contribution in [3.05, 3.63) is 52.1 Å². The standard InChI is InChI=1S/C27H38N4O7S/c1-16-17(2)24(18(3)21-11-12-27(4,5)38-23(16)21)39(34,35)31-22(25(32)33)15-19-7-9-20(10-8-19)36-13-6-14-37-30-26(28)29/h7-10,22,31H,6,11-15H2,1-5H3,(H,32,33)(H4,28,29,30)/t22-/m0/s1. The number of carbonyl (C=O) groups is 1. The van der Waals surface area contributed by atoms with E-state index >= 15 is 0 Å². The van der Waals surface area contributed by atoms with E-state index < -0.39 is 22.0 Å². The van der Waals surface area contributed by atoms with E-state index in [1.807, 2.05) is 20.8 Å². The quantitative estimate of drug-likeness (QED) is 0.131. The third-order valence-corrected chi connectivity index (χ3v) is 8.46. The van der Waals surface area contributed by atoms with E-state index in [4.69, 9.17) is 25.8 Å². The highest BCUT2D eigenvalue weighted by atomic mass is 32.2. The van der Waals surface area contributed by atoms with E-state index in [-0.39, 0.29) is 29.5 Å². The van der Waals surface area contributed by atoms with Gasteiger partial charge in [0.15, 0.2) is 0 Å². The molecule has 1 heterocycles. The third-order valence-electron chi connectivity index (χ3n) is 6.71. The van der Waals surface area contributed by atoms with Gasteiger partial charge in [-0.2, -0.15) is 4.72 Å². The van der Waals surface area contributed by atoms with Crippen molar-refractivity contribution < 1.29 is 32.6 Å². The Labute approximate surface area is 229 Å². The van der Waals surface area contributed by atoms with Gasteiger partial charge in [-0.1, -0.05) is 12.1 Å². The lowest BCUT2D eigenvalue weighted by molar-refractivity contribution is -0.138. The summed E-state index contributed by atoms with van der Waals surface area (Å²) in [6.45, 7) is 9.97. The SMILES string of the molecule is Cc1c(C)c(S(=O)(=O)N[C@@H](Cc2ccc(OCCCON=C(N)N)cc2)C(=O)O)c(C)c2c1OC(C)(C)CC2. The maximum atomic E-state index is 13.6. The first-order valence-corrected chi connectivity index (χ1v) is 14.2. The molecular weight excluding hydrogens is 524 g/mol. The fraction of sp³-hybridized carbons (Fsp3) is 0.481. The molecule has 0 unspecified atom stereocenters. The van der Waals surface area contributed by atoms with Crippen LogP contribution in [-0.2, 0) is 32.5 Å². The lowest BCUT2D eigenvalue weighted by atomic mass is 9.88. The number of guanidine groups is 1. The number of nitrogens with zero attached hydrogens (tertiary/aromatic N) is 1. The van der Waals surface area contributed by atoms with Crippen LogP contribution in [-0.4, -0.2) is 50.3 Å². The molecule has 0 saturated heterocycles. The molecule has 0 amide bonds. The molecule has 0 aliphatic carbocycles. The van der Waals surface area contributed by atoms with Gasteiger partial charge in [-0.25, -0.2) is 8.42 Å². The first kappa shape index (κ1) is 30.0. The van der Waals surface area contributed by atoms with E-state index in [9.17, 15) is 18.3 Å². The number of hydrogen-bond acceptors (Lipinski definition) is 7. The van der Waals surface area contributed by atoms with Gasteiger partial charge in [-0.3, -0.25) is 4.79 Å². The van der Waals surface area contributed by atoms with Crippen LogP contribution in [0.3, 0.4) is 0 Å². The molecule has 0 spiro atoms. The van der Waals surface area contributed by atoms with Gasteiger partial charge in [0, 0.05) is 6.42 Å². The van der Waals surface area contributed by atoms with Crippen LogP contribution in [0.15, 0.2) is 34.3 Å². The zero-order chi connectivity index (χ0) is 29.0. The summed E-state index contributed by atoms with van der Waals surface area (Å²) in [4.78, 5) is 17.1. The fourth-order valence-electron chi connectivity index (χ4n) is 4.57. The Kier molecular flexibility index (Phi) is 9.34. The second-order valence-electron chi connectivity index (χ2n) is 10.3. The minimum atomic E-state index is -4.15. The molecule has 39 heavy (non-hydrogen) atoms. The highest BCUT2D eigenvalue weighted by Crippen LogP contribution is 2.42. The van der Waals surface area contributed by atoms with Crippen LogP contribution in [0, 0.1) is 20.8 Å². The Morgan fingerprint density at radius 3 is 2.41 bits per heavy atom. The number of carboxylic acids is 1. The lowest BCUT2D eigenvalue weighted by Crippen LogP contribution is -2.43. The topological polar surface area (TPSA) is 176 Å². The van der Waals surface area contributed by atoms with Crippen molar-refractivity contribution in [3.8, 4) is 11.5 Å². The van der Waals surface area contributed by atoms with Crippen LogP contribution in [0.2, 0.25) is 0 Å². The number of benzene rings is 2. The maximum absolute atomic E-state index is 13.6. The Morgan fingerprint density at radius 1 is 1.13 bits per heavy atom. The number of sulfonamides is 1. The van der Waals surface area contributed by atoms with E-state index in [0.717, 1.165) is 23.3 Å². The molecule has 11 nitrogen and oxygen atoms in total. The van der Waals surface area contributed by atoms with Crippen LogP contribution in [0.4, 0.5) is 0 Å². The van der Waals surface area contributed by atoms with Crippen molar-refractivity contribution >= 4 is 22.0 Å². The molecule has 0 radical (unpaired) electrons. The summed E-state index contributed by atoms with van der Waals surface area (Å²) in [6.07, 6.45) is 1.93. The van der Waals surface area contributed by atoms with Crippen molar-refractivity contribution in [2.75, 3.05) is 13.2 Å². The number of nitrogens with two attached hydrogens (primary N) is 2. The van der Waals surface area contributed by atoms with Crippen molar-refractivity contribution in [3.63, 3.8) is 0 Å². The summed E-state index contributed by atoms with van der Waals surface area (Å²) in [5.74, 6) is -0.127. The molecule has 1 aliphatic rings. The van der Waals surface area contributed by atoms with Gasteiger partial charge in [0.2, 0.25) is 16.0 Å². The van der Waals surface area contributed by atoms with Gasteiger partial charge in [0.25, 0.3) is 0 Å². The Bertz CT molecular complexity index is 1340. The highest BCUT2D eigenvalue weighted by molar-refractivity contribution is 7.89. The zero-order valence-corrected chi connectivity index (χ0v) is 23.9. The van der Waals surface area contributed by atoms with Gasteiger partial charge in [0.1, 0.15) is 29.7 Å². The molecule has 0 aromatic heterocycles. The summed E-state index contributed by atoms with van der Waals surface area (Å²) in [5.41, 5.74) is 13.4. The predicted molar refractivity (Wildman–Crippen MR) is 147 cm³/mol. The molecule has 1 aliphatic heterocycles. The summed E-state index contributed by atoms with van der Waals surface area (Å²) in [6, 6.07) is 5.44. The highest BCUT2D eigenvalue weighted by Gasteiger charge is 2.35. The fourth-order valence-corrected chi connectivity index (χ4v) is 6.33. The number of rotatable bonds is 12. The predicted octanol–water partition coefficient (Wildman–Crippen LogP) is 2.66. The average Bonchev–Trinajstić information content (AvgIpc) is 2.84. The van der Waals surface area contributed by atoms with Crippen molar-refractivity contribution in [1.29, 1.82) is 0 Å². The molecular formula is C27H38N4O7S. The summed E-state index contributed by atoms with van der Waals surface area (Å²) >= 11 is 0. The zero-order valence-electron chi connectivity index (χ0n) is 23.0. The maximum Gasteiger partial charge on any atom is 0.322 e. The first-order chi connectivity index (χ1) is 18.2. The van der Waals surface area contributed by atoms with Gasteiger partial charge >= 0.3 is 5.97 Å². The van der Waals surface area contributed by atoms with E-state index in [1.54, 1.807) is 38.1 Å². The van der Waals surface area contributed by atoms with Crippen molar-refractivity contribution in [1.82, 2.24) is 4.72 Å². The number of aliphatic carboxylic acids is 1. The minimum Gasteiger partial charge on any atom is -0.493 e. The molecule has 0 fully saturated rings. The minimum absolute atomic E-state index is 0.0412. The van der Waals surface area contributed by atoms with Gasteiger partial charge in [-0.05, 0) is 99.0 Å². The summed E-state index contributed by atoms with van der Waals surface area (Å²) in [5, 5.41) is 13.3. The molecule has 1 atom stereocenters. The number of oxime groups is 1. The number of hydrogen-bond donors (Lipinski definition) is 4. The van der Waals surface area contributed by atoms with E-state index in [2.05, 4.69) is 9.88 Å². The van der Waals surface area contributed by atoms with Crippen LogP contribution in [0.25, 0.3) is 0 Å². The first-order valence-electron chi connectivity index (χ1n) is 12.7. The monoisotopic (exact) mass is 562 g/mol. The van der Waals surface area contributed by atoms with Crippen LogP contribution in [0.1, 0.15) is 54.5 Å². The largest absolute Gasteiger partial charge is 0.493 e. The Balaban J connectivity index is 1.72. The van der Waals surface area contributed by atoms with Gasteiger partial charge in [0.05, 0.1) is 11.5 Å². The van der Waals surface area contributed by atoms with Gasteiger partial charge in [-0.15, -0.1) is 0 Å². The van der Waals surface area contributed by atoms with E-state index in [0.29, 0.717) is 41.9 Å². The second kappa shape index (κ2) is 12.1. The Hall–Kier alpha value is -3.51. The van der Waals surface area contributed by atoms with Crippen LogP contribution in [0.5, 0.6) is 11.5 Å².